The Balaban J connectivity index is 1.97. The highest BCUT2D eigenvalue weighted by molar-refractivity contribution is 6.33. The third-order valence-corrected chi connectivity index (χ3v) is 3.64. The summed E-state index contributed by atoms with van der Waals surface area (Å²) in [6.07, 6.45) is 1.72. The number of anilines is 1. The molecule has 0 radical (unpaired) electrons. The first kappa shape index (κ1) is 15.8. The molecular formula is C17H18ClF2N. The average molecular weight is 310 g/mol. The van der Waals surface area contributed by atoms with Gasteiger partial charge in [0.15, 0.2) is 5.82 Å². The van der Waals surface area contributed by atoms with Crippen molar-refractivity contribution in [3.63, 3.8) is 0 Å². The smallest absolute Gasteiger partial charge is 0.150 e. The van der Waals surface area contributed by atoms with Crippen LogP contribution < -0.4 is 5.32 Å². The largest absolute Gasteiger partial charge is 0.379 e. The first-order valence-electron chi connectivity index (χ1n) is 6.92. The molecule has 21 heavy (non-hydrogen) atoms. The first-order chi connectivity index (χ1) is 9.95. The predicted molar refractivity (Wildman–Crippen MR) is 84.0 cm³/mol. The first-order valence-corrected chi connectivity index (χ1v) is 7.30. The second kappa shape index (κ2) is 6.90. The molecule has 2 aromatic rings. The van der Waals surface area contributed by atoms with Gasteiger partial charge in [-0.25, -0.2) is 8.78 Å². The summed E-state index contributed by atoms with van der Waals surface area (Å²) in [6, 6.07) is 10.3. The van der Waals surface area contributed by atoms with Gasteiger partial charge in [-0.3, -0.25) is 0 Å². The Labute approximate surface area is 128 Å². The zero-order valence-corrected chi connectivity index (χ0v) is 12.8. The molecule has 1 N–H and O–H groups in total. The Hall–Kier alpha value is -1.61. The van der Waals surface area contributed by atoms with Crippen LogP contribution >= 0.6 is 11.6 Å². The summed E-state index contributed by atoms with van der Waals surface area (Å²) >= 11 is 5.87. The SMILES string of the molecule is Cc1cccc(CCC(C)Nc2c(F)cc(F)cc2Cl)c1. The Kier molecular flexibility index (Phi) is 5.18. The van der Waals surface area contributed by atoms with E-state index < -0.39 is 11.6 Å². The molecule has 2 aromatic carbocycles. The zero-order chi connectivity index (χ0) is 15.4. The van der Waals surface area contributed by atoms with Gasteiger partial charge in [0.25, 0.3) is 0 Å². The van der Waals surface area contributed by atoms with E-state index in [4.69, 9.17) is 11.6 Å². The van der Waals surface area contributed by atoms with Crippen molar-refractivity contribution in [1.29, 1.82) is 0 Å². The number of hydrogen-bond donors (Lipinski definition) is 1. The lowest BCUT2D eigenvalue weighted by Gasteiger charge is -2.17. The molecule has 0 aliphatic heterocycles. The van der Waals surface area contributed by atoms with E-state index in [1.165, 1.54) is 11.1 Å². The zero-order valence-electron chi connectivity index (χ0n) is 12.1. The van der Waals surface area contributed by atoms with Gasteiger partial charge in [0.1, 0.15) is 5.82 Å². The lowest BCUT2D eigenvalue weighted by atomic mass is 10.0. The lowest BCUT2D eigenvalue weighted by Crippen LogP contribution is -2.17. The third kappa shape index (κ3) is 4.43. The summed E-state index contributed by atoms with van der Waals surface area (Å²) in [6.45, 7) is 4.01. The van der Waals surface area contributed by atoms with E-state index in [9.17, 15) is 8.78 Å². The van der Waals surface area contributed by atoms with Crippen LogP contribution in [0.3, 0.4) is 0 Å². The van der Waals surface area contributed by atoms with Crippen molar-refractivity contribution in [2.24, 2.45) is 0 Å². The molecular weight excluding hydrogens is 292 g/mol. The molecule has 0 aliphatic rings. The second-order valence-corrected chi connectivity index (χ2v) is 5.72. The number of aryl methyl sites for hydroxylation is 2. The molecule has 0 spiro atoms. The number of nitrogens with one attached hydrogen (secondary N) is 1. The van der Waals surface area contributed by atoms with Crippen molar-refractivity contribution in [2.45, 2.75) is 32.7 Å². The van der Waals surface area contributed by atoms with Crippen LogP contribution in [0.4, 0.5) is 14.5 Å². The van der Waals surface area contributed by atoms with Gasteiger partial charge in [0, 0.05) is 12.1 Å². The summed E-state index contributed by atoms with van der Waals surface area (Å²) in [5.74, 6) is -1.34. The summed E-state index contributed by atoms with van der Waals surface area (Å²) in [5, 5.41) is 3.08. The molecule has 1 nitrogen and oxygen atoms in total. The maximum Gasteiger partial charge on any atom is 0.150 e. The predicted octanol–water partition coefficient (Wildman–Crippen LogP) is 5.36. The Morgan fingerprint density at radius 1 is 1.19 bits per heavy atom. The molecule has 0 aromatic heterocycles. The van der Waals surface area contributed by atoms with Gasteiger partial charge in [-0.1, -0.05) is 41.4 Å². The highest BCUT2D eigenvalue weighted by Crippen LogP contribution is 2.27. The fourth-order valence-electron chi connectivity index (χ4n) is 2.25. The van der Waals surface area contributed by atoms with E-state index >= 15 is 0 Å². The van der Waals surface area contributed by atoms with Crippen LogP contribution in [0.15, 0.2) is 36.4 Å². The lowest BCUT2D eigenvalue weighted by molar-refractivity contribution is 0.582. The third-order valence-electron chi connectivity index (χ3n) is 3.35. The fraction of sp³-hybridized carbons (Fsp3) is 0.294. The van der Waals surface area contributed by atoms with Crippen molar-refractivity contribution in [2.75, 3.05) is 5.32 Å². The molecule has 1 unspecified atom stereocenters. The van der Waals surface area contributed by atoms with Gasteiger partial charge >= 0.3 is 0 Å². The van der Waals surface area contributed by atoms with E-state index in [1.807, 2.05) is 13.0 Å². The van der Waals surface area contributed by atoms with Crippen LogP contribution in [-0.2, 0) is 6.42 Å². The number of hydrogen-bond acceptors (Lipinski definition) is 1. The van der Waals surface area contributed by atoms with E-state index in [1.54, 1.807) is 0 Å². The molecule has 2 rings (SSSR count). The van der Waals surface area contributed by atoms with Gasteiger partial charge in [-0.15, -0.1) is 0 Å². The minimum atomic E-state index is -0.671. The van der Waals surface area contributed by atoms with Crippen molar-refractivity contribution in [3.05, 3.63) is 64.2 Å². The van der Waals surface area contributed by atoms with E-state index in [-0.39, 0.29) is 16.8 Å². The molecule has 0 heterocycles. The highest BCUT2D eigenvalue weighted by Gasteiger charge is 2.12. The van der Waals surface area contributed by atoms with Crippen molar-refractivity contribution in [1.82, 2.24) is 0 Å². The van der Waals surface area contributed by atoms with Gasteiger partial charge in [-0.2, -0.15) is 0 Å². The molecule has 112 valence electrons. The number of benzene rings is 2. The average Bonchev–Trinajstić information content (AvgIpc) is 2.40. The minimum absolute atomic E-state index is 0.0305. The molecule has 0 amide bonds. The molecule has 0 saturated carbocycles. The summed E-state index contributed by atoms with van der Waals surface area (Å²) in [4.78, 5) is 0. The molecule has 0 fully saturated rings. The Morgan fingerprint density at radius 2 is 1.95 bits per heavy atom. The molecule has 0 saturated heterocycles. The second-order valence-electron chi connectivity index (χ2n) is 5.32. The van der Waals surface area contributed by atoms with Crippen LogP contribution in [0, 0.1) is 18.6 Å². The van der Waals surface area contributed by atoms with E-state index in [2.05, 4.69) is 30.4 Å². The molecule has 4 heteroatoms. The maximum atomic E-state index is 13.7. The maximum absolute atomic E-state index is 13.7. The van der Waals surface area contributed by atoms with Gasteiger partial charge in [0.05, 0.1) is 10.7 Å². The number of halogens is 3. The standard InChI is InChI=1S/C17H18ClF2N/c1-11-4-3-5-13(8-11)7-6-12(2)21-17-15(18)9-14(19)10-16(17)20/h3-5,8-10,12,21H,6-7H2,1-2H3. The molecule has 1 atom stereocenters. The van der Waals surface area contributed by atoms with Crippen molar-refractivity contribution >= 4 is 17.3 Å². The van der Waals surface area contributed by atoms with Crippen LogP contribution in [0.2, 0.25) is 5.02 Å². The van der Waals surface area contributed by atoms with Crippen LogP contribution in [0.25, 0.3) is 0 Å². The van der Waals surface area contributed by atoms with E-state index in [0.717, 1.165) is 25.0 Å². The fourth-order valence-corrected chi connectivity index (χ4v) is 2.50. The molecule has 0 bridgehead atoms. The Bertz CT molecular complexity index is 605. The van der Waals surface area contributed by atoms with Gasteiger partial charge in [0.2, 0.25) is 0 Å². The van der Waals surface area contributed by atoms with E-state index in [0.29, 0.717) is 0 Å². The summed E-state index contributed by atoms with van der Waals surface area (Å²) < 4.78 is 26.7. The number of rotatable bonds is 5. The van der Waals surface area contributed by atoms with Crippen LogP contribution in [-0.4, -0.2) is 6.04 Å². The monoisotopic (exact) mass is 309 g/mol. The van der Waals surface area contributed by atoms with Gasteiger partial charge in [-0.05, 0) is 38.3 Å². The summed E-state index contributed by atoms with van der Waals surface area (Å²) in [7, 11) is 0. The highest BCUT2D eigenvalue weighted by atomic mass is 35.5. The topological polar surface area (TPSA) is 12.0 Å². The van der Waals surface area contributed by atoms with Crippen LogP contribution in [0.5, 0.6) is 0 Å². The van der Waals surface area contributed by atoms with Gasteiger partial charge < -0.3 is 5.32 Å². The minimum Gasteiger partial charge on any atom is -0.379 e. The van der Waals surface area contributed by atoms with Crippen molar-refractivity contribution in [3.8, 4) is 0 Å². The van der Waals surface area contributed by atoms with Crippen molar-refractivity contribution < 1.29 is 8.78 Å². The Morgan fingerprint density at radius 3 is 2.62 bits per heavy atom. The quantitative estimate of drug-likeness (QED) is 0.784. The normalized spacial score (nSPS) is 12.2. The molecule has 0 aliphatic carbocycles. The summed E-state index contributed by atoms with van der Waals surface area (Å²) in [5.41, 5.74) is 2.63. The van der Waals surface area contributed by atoms with Crippen LogP contribution in [0.1, 0.15) is 24.5 Å².